The van der Waals surface area contributed by atoms with E-state index in [4.69, 9.17) is 4.74 Å². The Bertz CT molecular complexity index is 562. The van der Waals surface area contributed by atoms with E-state index in [0.29, 0.717) is 6.42 Å². The summed E-state index contributed by atoms with van der Waals surface area (Å²) in [5.74, 6) is -0.240. The van der Waals surface area contributed by atoms with E-state index in [2.05, 4.69) is 0 Å². The third kappa shape index (κ3) is 3.53. The Kier molecular flexibility index (Phi) is 4.23. The zero-order valence-corrected chi connectivity index (χ0v) is 12.3. The summed E-state index contributed by atoms with van der Waals surface area (Å²) in [4.78, 5) is 0.882. The monoisotopic (exact) mass is 282 g/mol. The van der Waals surface area contributed by atoms with Crippen LogP contribution in [-0.2, 0) is 4.74 Å². The van der Waals surface area contributed by atoms with E-state index in [-0.39, 0.29) is 11.4 Å². The van der Waals surface area contributed by atoms with Crippen molar-refractivity contribution in [2.75, 3.05) is 7.11 Å². The van der Waals surface area contributed by atoms with Gasteiger partial charge in [0.2, 0.25) is 0 Å². The lowest BCUT2D eigenvalue weighted by Crippen LogP contribution is -2.22. The zero-order chi connectivity index (χ0) is 14.0. The number of halogens is 1. The van der Waals surface area contributed by atoms with E-state index in [0.717, 1.165) is 21.4 Å². The van der Waals surface area contributed by atoms with Gasteiger partial charge in [-0.2, -0.15) is 0 Å². The van der Waals surface area contributed by atoms with Crippen LogP contribution in [0.1, 0.15) is 37.7 Å². The molecule has 1 unspecified atom stereocenters. The van der Waals surface area contributed by atoms with Crippen LogP contribution in [-0.4, -0.2) is 17.8 Å². The number of hydrogen-bond acceptors (Lipinski definition) is 3. The molecule has 0 saturated carbocycles. The van der Waals surface area contributed by atoms with Crippen LogP contribution in [0.2, 0.25) is 0 Å². The summed E-state index contributed by atoms with van der Waals surface area (Å²) in [5, 5.41) is 11.2. The maximum Gasteiger partial charge on any atom is 0.124 e. The number of ether oxygens (including phenoxy) is 1. The summed E-state index contributed by atoms with van der Waals surface area (Å²) in [6.45, 7) is 4.00. The van der Waals surface area contributed by atoms with Gasteiger partial charge in [-0.1, -0.05) is 6.07 Å². The molecule has 0 amide bonds. The molecule has 1 N–H and O–H groups in total. The molecule has 2 aromatic rings. The van der Waals surface area contributed by atoms with Crippen LogP contribution in [0, 0.1) is 5.82 Å². The van der Waals surface area contributed by atoms with Gasteiger partial charge in [-0.05, 0) is 50.3 Å². The molecule has 19 heavy (non-hydrogen) atoms. The van der Waals surface area contributed by atoms with Crippen molar-refractivity contribution in [3.63, 3.8) is 0 Å². The van der Waals surface area contributed by atoms with Crippen LogP contribution in [0.25, 0.3) is 10.1 Å². The molecule has 0 aliphatic rings. The Hall–Kier alpha value is -0.970. The lowest BCUT2D eigenvalue weighted by molar-refractivity contribution is 0.00310. The molecule has 2 nitrogen and oxygen atoms in total. The molecular weight excluding hydrogens is 263 g/mol. The summed E-state index contributed by atoms with van der Waals surface area (Å²) < 4.78 is 19.3. The fourth-order valence-electron chi connectivity index (χ4n) is 1.92. The standard InChI is InChI=1S/C15H19FO2S/c1-15(2,18-3)7-6-12(17)14-8-10-4-5-11(16)9-13(10)19-14/h4-5,8-9,12,17H,6-7H2,1-3H3. The van der Waals surface area contributed by atoms with Crippen molar-refractivity contribution in [1.29, 1.82) is 0 Å². The molecule has 4 heteroatoms. The first-order chi connectivity index (χ1) is 8.91. The smallest absolute Gasteiger partial charge is 0.124 e. The largest absolute Gasteiger partial charge is 0.388 e. The van der Waals surface area contributed by atoms with Gasteiger partial charge in [0, 0.05) is 16.7 Å². The molecule has 1 aromatic carbocycles. The number of rotatable bonds is 5. The van der Waals surface area contributed by atoms with Crippen molar-refractivity contribution < 1.29 is 14.2 Å². The summed E-state index contributed by atoms with van der Waals surface area (Å²) in [5.41, 5.74) is -0.232. The topological polar surface area (TPSA) is 29.5 Å². The molecule has 0 aliphatic carbocycles. The summed E-state index contributed by atoms with van der Waals surface area (Å²) in [6.07, 6.45) is 0.888. The van der Waals surface area contributed by atoms with E-state index in [1.807, 2.05) is 19.9 Å². The summed E-state index contributed by atoms with van der Waals surface area (Å²) in [7, 11) is 1.68. The number of hydrogen-bond donors (Lipinski definition) is 1. The van der Waals surface area contributed by atoms with Gasteiger partial charge < -0.3 is 9.84 Å². The van der Waals surface area contributed by atoms with Gasteiger partial charge in [0.25, 0.3) is 0 Å². The van der Waals surface area contributed by atoms with Gasteiger partial charge in [0.1, 0.15) is 5.82 Å². The highest BCUT2D eigenvalue weighted by atomic mass is 32.1. The van der Waals surface area contributed by atoms with Crippen LogP contribution < -0.4 is 0 Å². The highest BCUT2D eigenvalue weighted by Crippen LogP contribution is 2.33. The van der Waals surface area contributed by atoms with E-state index in [9.17, 15) is 9.50 Å². The minimum absolute atomic E-state index is 0.232. The highest BCUT2D eigenvalue weighted by Gasteiger charge is 2.20. The summed E-state index contributed by atoms with van der Waals surface area (Å²) in [6, 6.07) is 6.63. The Balaban J connectivity index is 2.11. The number of thiophene rings is 1. The second-order valence-electron chi connectivity index (χ2n) is 5.35. The SMILES string of the molecule is COC(C)(C)CCC(O)c1cc2ccc(F)cc2s1. The quantitative estimate of drug-likeness (QED) is 0.887. The average molecular weight is 282 g/mol. The van der Waals surface area contributed by atoms with Crippen molar-refractivity contribution in [3.8, 4) is 0 Å². The second-order valence-corrected chi connectivity index (χ2v) is 6.46. The lowest BCUT2D eigenvalue weighted by Gasteiger charge is -2.23. The third-order valence-corrected chi connectivity index (χ3v) is 4.60. The fourth-order valence-corrected chi connectivity index (χ4v) is 3.03. The molecule has 0 radical (unpaired) electrons. The van der Waals surface area contributed by atoms with Crippen molar-refractivity contribution in [3.05, 3.63) is 35.0 Å². The van der Waals surface area contributed by atoms with Gasteiger partial charge in [-0.3, -0.25) is 0 Å². The highest BCUT2D eigenvalue weighted by molar-refractivity contribution is 7.19. The molecule has 1 aromatic heterocycles. The van der Waals surface area contributed by atoms with E-state index < -0.39 is 6.10 Å². The molecule has 0 bridgehead atoms. The first kappa shape index (κ1) is 14.4. The van der Waals surface area contributed by atoms with Gasteiger partial charge in [0.05, 0.1) is 11.7 Å². The second kappa shape index (κ2) is 5.57. The Morgan fingerprint density at radius 2 is 2.11 bits per heavy atom. The number of aliphatic hydroxyl groups excluding tert-OH is 1. The van der Waals surface area contributed by atoms with Crippen molar-refractivity contribution >= 4 is 21.4 Å². The number of aliphatic hydroxyl groups is 1. The molecule has 1 heterocycles. The molecule has 1 atom stereocenters. The van der Waals surface area contributed by atoms with Gasteiger partial charge >= 0.3 is 0 Å². The van der Waals surface area contributed by atoms with Gasteiger partial charge in [0.15, 0.2) is 0 Å². The Morgan fingerprint density at radius 1 is 1.37 bits per heavy atom. The molecule has 104 valence electrons. The van der Waals surface area contributed by atoms with Crippen molar-refractivity contribution in [1.82, 2.24) is 0 Å². The van der Waals surface area contributed by atoms with Crippen molar-refractivity contribution in [2.24, 2.45) is 0 Å². The Labute approximate surface area is 116 Å². The van der Waals surface area contributed by atoms with Crippen LogP contribution in [0.4, 0.5) is 4.39 Å². The Morgan fingerprint density at radius 3 is 2.79 bits per heavy atom. The van der Waals surface area contributed by atoms with E-state index in [1.54, 1.807) is 13.2 Å². The van der Waals surface area contributed by atoms with Crippen LogP contribution in [0.5, 0.6) is 0 Å². The predicted molar refractivity (Wildman–Crippen MR) is 77.1 cm³/mol. The predicted octanol–water partition coefficient (Wildman–Crippen LogP) is 4.28. The van der Waals surface area contributed by atoms with Gasteiger partial charge in [-0.15, -0.1) is 11.3 Å². The molecule has 0 spiro atoms. The minimum Gasteiger partial charge on any atom is -0.388 e. The normalized spacial score (nSPS) is 13.9. The van der Waals surface area contributed by atoms with Gasteiger partial charge in [-0.25, -0.2) is 4.39 Å². The van der Waals surface area contributed by atoms with Crippen LogP contribution in [0.3, 0.4) is 0 Å². The molecular formula is C15H19FO2S. The molecule has 0 saturated heterocycles. The van der Waals surface area contributed by atoms with Crippen LogP contribution >= 0.6 is 11.3 Å². The maximum atomic E-state index is 13.1. The minimum atomic E-state index is -0.519. The lowest BCUT2D eigenvalue weighted by atomic mass is 9.99. The van der Waals surface area contributed by atoms with E-state index in [1.165, 1.54) is 23.5 Å². The maximum absolute atomic E-state index is 13.1. The number of fused-ring (bicyclic) bond motifs is 1. The van der Waals surface area contributed by atoms with E-state index >= 15 is 0 Å². The fraction of sp³-hybridized carbons (Fsp3) is 0.467. The number of benzene rings is 1. The molecule has 0 aliphatic heterocycles. The molecule has 0 fully saturated rings. The third-order valence-electron chi connectivity index (χ3n) is 3.40. The molecule has 2 rings (SSSR count). The van der Waals surface area contributed by atoms with Crippen molar-refractivity contribution in [2.45, 2.75) is 38.4 Å². The summed E-state index contributed by atoms with van der Waals surface area (Å²) >= 11 is 1.45. The zero-order valence-electron chi connectivity index (χ0n) is 11.4. The number of methoxy groups -OCH3 is 1. The first-order valence-electron chi connectivity index (χ1n) is 6.33. The first-order valence-corrected chi connectivity index (χ1v) is 7.15. The van der Waals surface area contributed by atoms with Crippen LogP contribution in [0.15, 0.2) is 24.3 Å². The average Bonchev–Trinajstić information content (AvgIpc) is 2.79.